The minimum absolute atomic E-state index is 0. The molecule has 1 aromatic heterocycles. The van der Waals surface area contributed by atoms with Gasteiger partial charge in [0.15, 0.2) is 9.84 Å². The van der Waals surface area contributed by atoms with Crippen LogP contribution in [-0.4, -0.2) is 30.2 Å². The zero-order chi connectivity index (χ0) is 18.4. The van der Waals surface area contributed by atoms with Gasteiger partial charge in [0, 0.05) is 24.6 Å². The van der Waals surface area contributed by atoms with Gasteiger partial charge in [-0.15, -0.1) is 0 Å². The Kier molecular flexibility index (Phi) is 6.16. The predicted octanol–water partition coefficient (Wildman–Crippen LogP) is -1.21. The normalized spacial score (nSPS) is 11.9. The summed E-state index contributed by atoms with van der Waals surface area (Å²) in [6.07, 6.45) is -4.07. The Hall–Kier alpha value is -1.36. The molecule has 1 N–H and O–H groups in total. The Morgan fingerprint density at radius 2 is 1.84 bits per heavy atom. The number of hydrogen-bond donors (Lipinski definition) is 1. The van der Waals surface area contributed by atoms with Gasteiger partial charge in [-0.1, -0.05) is 0 Å². The number of halogens is 3. The molecule has 25 heavy (non-hydrogen) atoms. The molecule has 2 rings (SSSR count). The third kappa shape index (κ3) is 4.25. The van der Waals surface area contributed by atoms with Gasteiger partial charge >= 0.3 is 35.7 Å². The number of alkyl halides is 3. The Labute approximate surface area is 164 Å². The monoisotopic (exact) mass is 386 g/mol. The topological polar surface area (TPSA) is 89.0 Å². The van der Waals surface area contributed by atoms with Gasteiger partial charge in [0.1, 0.15) is 5.56 Å². The van der Waals surface area contributed by atoms with E-state index >= 15 is 0 Å². The number of aromatic nitrogens is 2. The second-order valence-corrected chi connectivity index (χ2v) is 7.27. The molecule has 0 saturated carbocycles. The fourth-order valence-electron chi connectivity index (χ4n) is 2.28. The van der Waals surface area contributed by atoms with Crippen LogP contribution in [0.5, 0.6) is 0 Å². The third-order valence-electron chi connectivity index (χ3n) is 3.41. The van der Waals surface area contributed by atoms with E-state index in [2.05, 4.69) is 5.10 Å². The van der Waals surface area contributed by atoms with Gasteiger partial charge < -0.3 is 1.43 Å². The molecule has 0 atom stereocenters. The molecule has 1 aromatic carbocycles. The molecule has 0 bridgehead atoms. The summed E-state index contributed by atoms with van der Waals surface area (Å²) in [6, 6.07) is 1.77. The number of rotatable bonds is 3. The van der Waals surface area contributed by atoms with E-state index < -0.39 is 43.4 Å². The molecule has 0 saturated heterocycles. The van der Waals surface area contributed by atoms with Gasteiger partial charge in [0.25, 0.3) is 5.56 Å². The number of ketones is 1. The van der Waals surface area contributed by atoms with Crippen molar-refractivity contribution in [1.29, 1.82) is 0 Å². The minimum atomic E-state index is -4.76. The molecular formula is C14H14F3N2NaO4S. The van der Waals surface area contributed by atoms with Crippen molar-refractivity contribution in [3.05, 3.63) is 50.9 Å². The van der Waals surface area contributed by atoms with Crippen molar-refractivity contribution in [3.63, 3.8) is 0 Å². The van der Waals surface area contributed by atoms with Crippen LogP contribution in [0.4, 0.5) is 13.2 Å². The van der Waals surface area contributed by atoms with E-state index in [4.69, 9.17) is 0 Å². The van der Waals surface area contributed by atoms with Gasteiger partial charge in [0.05, 0.1) is 10.5 Å². The summed E-state index contributed by atoms with van der Waals surface area (Å²) in [5.41, 5.74) is -2.51. The second kappa shape index (κ2) is 7.10. The van der Waals surface area contributed by atoms with Gasteiger partial charge in [-0.2, -0.15) is 13.2 Å². The van der Waals surface area contributed by atoms with Gasteiger partial charge in [-0.3, -0.25) is 19.4 Å². The van der Waals surface area contributed by atoms with Crippen LogP contribution in [-0.2, 0) is 23.1 Å². The Morgan fingerprint density at radius 3 is 2.24 bits per heavy atom. The van der Waals surface area contributed by atoms with Gasteiger partial charge in [-0.25, -0.2) is 8.42 Å². The fraction of sp³-hybridized carbons (Fsp3) is 0.286. The first kappa shape index (κ1) is 21.7. The molecule has 0 spiro atoms. The molecule has 0 aliphatic heterocycles. The number of aromatic amines is 1. The number of aryl methyl sites for hydroxylation is 2. The van der Waals surface area contributed by atoms with Crippen LogP contribution in [0.2, 0.25) is 0 Å². The van der Waals surface area contributed by atoms with Crippen LogP contribution >= 0.6 is 0 Å². The van der Waals surface area contributed by atoms with E-state index in [9.17, 15) is 31.2 Å². The molecule has 11 heteroatoms. The molecule has 132 valence electrons. The fourth-order valence-corrected chi connectivity index (χ4v) is 3.18. The van der Waals surface area contributed by atoms with Crippen molar-refractivity contribution in [2.45, 2.75) is 18.0 Å². The van der Waals surface area contributed by atoms with Crippen molar-refractivity contribution in [2.24, 2.45) is 7.05 Å². The zero-order valence-corrected chi connectivity index (χ0v) is 16.7. The van der Waals surface area contributed by atoms with E-state index in [0.29, 0.717) is 18.4 Å². The molecule has 0 amide bonds. The number of benzene rings is 1. The van der Waals surface area contributed by atoms with E-state index in [0.717, 1.165) is 10.7 Å². The van der Waals surface area contributed by atoms with E-state index in [1.165, 1.54) is 14.0 Å². The van der Waals surface area contributed by atoms with Crippen molar-refractivity contribution >= 4 is 15.6 Å². The summed E-state index contributed by atoms with van der Waals surface area (Å²) in [4.78, 5) is 23.8. The average molecular weight is 386 g/mol. The van der Waals surface area contributed by atoms with Gasteiger partial charge in [-0.05, 0) is 25.1 Å². The maximum atomic E-state index is 12.8. The summed E-state index contributed by atoms with van der Waals surface area (Å²) in [5.74, 6) is -0.955. The quantitative estimate of drug-likeness (QED) is 0.530. The third-order valence-corrected chi connectivity index (χ3v) is 4.55. The summed E-state index contributed by atoms with van der Waals surface area (Å²) in [5, 5.41) is 2.57. The summed E-state index contributed by atoms with van der Waals surface area (Å²) in [7, 11) is -2.77. The number of sulfone groups is 1. The number of carbonyl (C=O) groups is 1. The molecule has 0 radical (unpaired) electrons. The zero-order valence-electron chi connectivity index (χ0n) is 14.9. The molecular weight excluding hydrogens is 372 g/mol. The standard InChI is InChI=1S/C14H13F3N2O4S.Na.H/c1-7-11(13(21)19(2)18-7)12(20)9-5-4-8(14(15,16)17)6-10(9)24(3,22)23;;/h4-6,18H,1-3H3;;/q;+1;-1. The molecule has 6 nitrogen and oxygen atoms in total. The van der Waals surface area contributed by atoms with Crippen molar-refractivity contribution in [3.8, 4) is 0 Å². The first-order valence-corrected chi connectivity index (χ1v) is 8.44. The van der Waals surface area contributed by atoms with Gasteiger partial charge in [0.2, 0.25) is 5.78 Å². The number of nitrogens with one attached hydrogen (secondary N) is 1. The number of nitrogens with zero attached hydrogens (tertiary/aromatic N) is 1. The number of hydrogen-bond acceptors (Lipinski definition) is 4. The number of carbonyl (C=O) groups excluding carboxylic acids is 1. The van der Waals surface area contributed by atoms with E-state index in [1.807, 2.05) is 0 Å². The summed E-state index contributed by atoms with van der Waals surface area (Å²) < 4.78 is 63.1. The molecule has 2 aromatic rings. The van der Waals surface area contributed by atoms with Crippen LogP contribution in [0.25, 0.3) is 0 Å². The minimum Gasteiger partial charge on any atom is -1.00 e. The second-order valence-electron chi connectivity index (χ2n) is 5.29. The smallest absolute Gasteiger partial charge is 1.00 e. The first-order valence-electron chi connectivity index (χ1n) is 6.55. The largest absolute Gasteiger partial charge is 1.00 e. The average Bonchev–Trinajstić information content (AvgIpc) is 2.69. The van der Waals surface area contributed by atoms with Crippen LogP contribution in [0.1, 0.15) is 28.6 Å². The van der Waals surface area contributed by atoms with E-state index in [-0.39, 0.29) is 42.2 Å². The first-order chi connectivity index (χ1) is 10.8. The molecule has 0 fully saturated rings. The van der Waals surface area contributed by atoms with Crippen molar-refractivity contribution < 1.29 is 57.4 Å². The van der Waals surface area contributed by atoms with Crippen LogP contribution in [0, 0.1) is 6.92 Å². The maximum absolute atomic E-state index is 12.8. The SMILES string of the molecule is Cc1[nH]n(C)c(=O)c1C(=O)c1ccc(C(F)(F)F)cc1S(C)(=O)=O.[H-].[Na+]. The van der Waals surface area contributed by atoms with Crippen LogP contribution < -0.4 is 35.1 Å². The van der Waals surface area contributed by atoms with Crippen LogP contribution in [0.3, 0.4) is 0 Å². The molecule has 0 aliphatic carbocycles. The Bertz CT molecular complexity index is 997. The Morgan fingerprint density at radius 1 is 1.28 bits per heavy atom. The molecule has 0 aliphatic rings. The maximum Gasteiger partial charge on any atom is 1.00 e. The van der Waals surface area contributed by atoms with Crippen molar-refractivity contribution in [1.82, 2.24) is 9.78 Å². The predicted molar refractivity (Wildman–Crippen MR) is 79.9 cm³/mol. The summed E-state index contributed by atoms with van der Waals surface area (Å²) in [6.45, 7) is 1.43. The Balaban J connectivity index is 0.00000312. The van der Waals surface area contributed by atoms with Crippen LogP contribution in [0.15, 0.2) is 27.9 Å². The molecule has 1 heterocycles. The van der Waals surface area contributed by atoms with E-state index in [1.54, 1.807) is 0 Å². The number of H-pyrrole nitrogens is 1. The van der Waals surface area contributed by atoms with Crippen molar-refractivity contribution in [2.75, 3.05) is 6.26 Å². The summed E-state index contributed by atoms with van der Waals surface area (Å²) >= 11 is 0. The molecule has 0 unspecified atom stereocenters.